The van der Waals surface area contributed by atoms with Crippen LogP contribution in [0.1, 0.15) is 0 Å². The van der Waals surface area contributed by atoms with Crippen molar-refractivity contribution >= 4 is 22.2 Å². The van der Waals surface area contributed by atoms with Crippen molar-refractivity contribution in [3.8, 4) is 0 Å². The van der Waals surface area contributed by atoms with Crippen LogP contribution in [-0.2, 0) is 13.4 Å². The summed E-state index contributed by atoms with van der Waals surface area (Å²) < 4.78 is 9.07. The van der Waals surface area contributed by atoms with Crippen LogP contribution in [0.15, 0.2) is 0 Å². The van der Waals surface area contributed by atoms with Gasteiger partial charge in [-0.05, 0) is 0 Å². The maximum Gasteiger partial charge on any atom is 0.335 e. The van der Waals surface area contributed by atoms with Crippen molar-refractivity contribution in [1.29, 1.82) is 0 Å². The van der Waals surface area contributed by atoms with E-state index in [1.165, 1.54) is 0 Å². The molecule has 0 amide bonds. The molecule has 82 valence electrons. The number of carbonyl (C=O) groups is 1. The Morgan fingerprint density at radius 3 is 2.21 bits per heavy atom. The van der Waals surface area contributed by atoms with Crippen molar-refractivity contribution in [2.24, 2.45) is 0 Å². The third-order valence-corrected chi connectivity index (χ3v) is 2.27. The molecule has 0 aliphatic carbocycles. The molecule has 14 heavy (non-hydrogen) atoms. The molecule has 7 nitrogen and oxygen atoms in total. The third kappa shape index (κ3) is 2.05. The van der Waals surface area contributed by atoms with Crippen molar-refractivity contribution in [1.82, 2.24) is 0 Å². The van der Waals surface area contributed by atoms with Crippen molar-refractivity contribution in [2.45, 2.75) is 30.7 Å². The SMILES string of the molecule is O=C(O)[C@H]1OC(OBr)[C@H](O)[C@@H](O)[C@@H]1O. The molecule has 5 atom stereocenters. The highest BCUT2D eigenvalue weighted by atomic mass is 79.9. The quantitative estimate of drug-likeness (QED) is 0.469. The minimum Gasteiger partial charge on any atom is -0.479 e. The molecule has 0 bridgehead atoms. The Bertz CT molecular complexity index is 220. The highest BCUT2D eigenvalue weighted by molar-refractivity contribution is 9.06. The minimum atomic E-state index is -1.69. The van der Waals surface area contributed by atoms with Gasteiger partial charge in [-0.15, -0.1) is 0 Å². The molecule has 0 saturated carbocycles. The lowest BCUT2D eigenvalue weighted by Gasteiger charge is -2.37. The lowest BCUT2D eigenvalue weighted by atomic mass is 9.99. The molecular formula is C6H9BrO7. The van der Waals surface area contributed by atoms with Gasteiger partial charge in [0.2, 0.25) is 0 Å². The van der Waals surface area contributed by atoms with Crippen LogP contribution in [0.2, 0.25) is 0 Å². The van der Waals surface area contributed by atoms with Gasteiger partial charge in [0.25, 0.3) is 0 Å². The van der Waals surface area contributed by atoms with Gasteiger partial charge in [0, 0.05) is 0 Å². The van der Waals surface area contributed by atoms with Crippen molar-refractivity contribution in [3.05, 3.63) is 0 Å². The summed E-state index contributed by atoms with van der Waals surface area (Å²) in [4.78, 5) is 10.5. The first kappa shape index (κ1) is 11.8. The van der Waals surface area contributed by atoms with Gasteiger partial charge in [-0.2, -0.15) is 0 Å². The largest absolute Gasteiger partial charge is 0.479 e. The number of hydrogen-bond donors (Lipinski definition) is 4. The van der Waals surface area contributed by atoms with Crippen LogP contribution >= 0.6 is 16.3 Å². The van der Waals surface area contributed by atoms with Gasteiger partial charge in [-0.3, -0.25) is 3.83 Å². The van der Waals surface area contributed by atoms with E-state index in [9.17, 15) is 20.1 Å². The molecule has 0 aromatic heterocycles. The summed E-state index contributed by atoms with van der Waals surface area (Å²) in [7, 11) is 0. The number of hydrogen-bond acceptors (Lipinski definition) is 6. The summed E-state index contributed by atoms with van der Waals surface area (Å²) >= 11 is 2.50. The standard InChI is InChI=1S/C6H9BrO7/c7-14-6-3(10)1(8)2(9)4(13-6)5(11)12/h1-4,6,8-10H,(H,11,12)/t1-,2-,3+,4-,6?/m0/s1. The van der Waals surface area contributed by atoms with E-state index in [1.54, 1.807) is 0 Å². The molecule has 4 N–H and O–H groups in total. The molecule has 0 aromatic carbocycles. The van der Waals surface area contributed by atoms with Crippen LogP contribution in [-0.4, -0.2) is 57.1 Å². The molecule has 1 fully saturated rings. The molecule has 1 aliphatic rings. The van der Waals surface area contributed by atoms with Crippen LogP contribution in [0, 0.1) is 0 Å². The number of ether oxygens (including phenoxy) is 1. The van der Waals surface area contributed by atoms with Crippen LogP contribution in [0.25, 0.3) is 0 Å². The van der Waals surface area contributed by atoms with Gasteiger partial charge in [-0.1, -0.05) is 0 Å². The van der Waals surface area contributed by atoms with Gasteiger partial charge in [0.15, 0.2) is 12.4 Å². The highest BCUT2D eigenvalue weighted by Crippen LogP contribution is 2.23. The van der Waals surface area contributed by atoms with Crippen molar-refractivity contribution in [3.63, 3.8) is 0 Å². The predicted molar refractivity (Wildman–Crippen MR) is 44.3 cm³/mol. The third-order valence-electron chi connectivity index (χ3n) is 1.90. The average Bonchev–Trinajstić information content (AvgIpc) is 2.14. The monoisotopic (exact) mass is 272 g/mol. The second-order valence-corrected chi connectivity index (χ2v) is 3.20. The Morgan fingerprint density at radius 1 is 1.21 bits per heavy atom. The maximum atomic E-state index is 10.5. The summed E-state index contributed by atoms with van der Waals surface area (Å²) in [5.41, 5.74) is 0. The minimum absolute atomic E-state index is 1.34. The number of carboxylic acids is 1. The fourth-order valence-corrected chi connectivity index (χ4v) is 1.43. The Hall–Kier alpha value is -0.250. The molecule has 0 radical (unpaired) electrons. The fraction of sp³-hybridized carbons (Fsp3) is 0.833. The van der Waals surface area contributed by atoms with Crippen molar-refractivity contribution in [2.75, 3.05) is 0 Å². The summed E-state index contributed by atoms with van der Waals surface area (Å²) in [5, 5.41) is 36.2. The van der Waals surface area contributed by atoms with Crippen molar-refractivity contribution < 1.29 is 33.8 Å². The van der Waals surface area contributed by atoms with E-state index in [4.69, 9.17) is 5.11 Å². The molecule has 1 heterocycles. The van der Waals surface area contributed by atoms with Crippen LogP contribution in [0.4, 0.5) is 0 Å². The smallest absolute Gasteiger partial charge is 0.335 e. The van der Waals surface area contributed by atoms with Crippen LogP contribution < -0.4 is 0 Å². The van der Waals surface area contributed by atoms with E-state index in [0.717, 1.165) is 0 Å². The second-order valence-electron chi connectivity index (χ2n) is 2.82. The second kappa shape index (κ2) is 4.51. The highest BCUT2D eigenvalue weighted by Gasteiger charge is 2.47. The summed E-state index contributed by atoms with van der Waals surface area (Å²) in [6.07, 6.45) is -7.81. The molecule has 1 rings (SSSR count). The van der Waals surface area contributed by atoms with E-state index >= 15 is 0 Å². The molecule has 1 unspecified atom stereocenters. The number of aliphatic carboxylic acids is 1. The van der Waals surface area contributed by atoms with Gasteiger partial charge in [0.05, 0.1) is 0 Å². The van der Waals surface area contributed by atoms with Gasteiger partial charge in [0.1, 0.15) is 34.6 Å². The summed E-state index contributed by atoms with van der Waals surface area (Å²) in [6.45, 7) is 0. The number of carboxylic acid groups (broad SMARTS) is 1. The zero-order chi connectivity index (χ0) is 10.9. The average molecular weight is 273 g/mol. The maximum absolute atomic E-state index is 10.5. The van der Waals surface area contributed by atoms with E-state index in [1.807, 2.05) is 0 Å². The lowest BCUT2D eigenvalue weighted by Crippen LogP contribution is -2.59. The Kier molecular flexibility index (Phi) is 3.81. The molecule has 1 saturated heterocycles. The van der Waals surface area contributed by atoms with E-state index in [0.29, 0.717) is 0 Å². The van der Waals surface area contributed by atoms with Gasteiger partial charge in [-0.25, -0.2) is 4.79 Å². The summed E-state index contributed by atoms with van der Waals surface area (Å²) in [6, 6.07) is 0. The Balaban J connectivity index is 2.78. The fourth-order valence-electron chi connectivity index (χ4n) is 1.13. The Labute approximate surface area is 87.3 Å². The van der Waals surface area contributed by atoms with E-state index in [2.05, 4.69) is 24.8 Å². The molecule has 0 spiro atoms. The lowest BCUT2D eigenvalue weighted by molar-refractivity contribution is -0.266. The Morgan fingerprint density at radius 2 is 1.79 bits per heavy atom. The first-order valence-corrected chi connectivity index (χ1v) is 4.33. The number of halogens is 1. The zero-order valence-electron chi connectivity index (χ0n) is 6.78. The van der Waals surface area contributed by atoms with E-state index < -0.39 is 36.7 Å². The molecule has 1 aliphatic heterocycles. The van der Waals surface area contributed by atoms with E-state index in [-0.39, 0.29) is 0 Å². The van der Waals surface area contributed by atoms with Crippen LogP contribution in [0.3, 0.4) is 0 Å². The summed E-state index contributed by atoms with van der Waals surface area (Å²) in [5.74, 6) is -1.45. The number of aliphatic hydroxyl groups is 3. The van der Waals surface area contributed by atoms with Gasteiger partial charge >= 0.3 is 5.97 Å². The normalized spacial score (nSPS) is 43.6. The van der Waals surface area contributed by atoms with Gasteiger partial charge < -0.3 is 25.2 Å². The number of rotatable bonds is 2. The molecule has 0 aromatic rings. The number of aliphatic hydroxyl groups excluding tert-OH is 3. The first-order valence-electron chi connectivity index (χ1n) is 3.69. The zero-order valence-corrected chi connectivity index (χ0v) is 8.36. The molecule has 8 heteroatoms. The van der Waals surface area contributed by atoms with Crippen LogP contribution in [0.5, 0.6) is 0 Å². The first-order chi connectivity index (χ1) is 6.49. The predicted octanol–water partition coefficient (Wildman–Crippen LogP) is -1.79. The molecular weight excluding hydrogens is 264 g/mol. The topological polar surface area (TPSA) is 116 Å².